The zero-order chi connectivity index (χ0) is 20.1. The summed E-state index contributed by atoms with van der Waals surface area (Å²) in [5.41, 5.74) is -0.539. The van der Waals surface area contributed by atoms with Gasteiger partial charge in [-0.1, -0.05) is 13.8 Å². The van der Waals surface area contributed by atoms with Crippen LogP contribution in [0, 0.1) is 5.82 Å². The van der Waals surface area contributed by atoms with Gasteiger partial charge in [-0.2, -0.15) is 4.31 Å². The molecule has 0 saturated carbocycles. The molecule has 1 aromatic rings. The molecule has 1 aromatic carbocycles. The zero-order valence-electron chi connectivity index (χ0n) is 15.6. The Morgan fingerprint density at radius 2 is 1.77 bits per heavy atom. The molecule has 0 radical (unpaired) electrons. The second kappa shape index (κ2) is 9.09. The van der Waals surface area contributed by atoms with E-state index in [0.717, 1.165) is 18.2 Å². The third-order valence-electron chi connectivity index (χ3n) is 3.58. The van der Waals surface area contributed by atoms with Crippen LogP contribution in [0.2, 0.25) is 0 Å². The van der Waals surface area contributed by atoms with Crippen LogP contribution in [0.1, 0.15) is 45.0 Å². The highest BCUT2D eigenvalue weighted by Crippen LogP contribution is 2.20. The first-order valence-electron chi connectivity index (χ1n) is 8.35. The average molecular weight is 388 g/mol. The Morgan fingerprint density at radius 1 is 1.19 bits per heavy atom. The molecule has 146 valence electrons. The van der Waals surface area contributed by atoms with Gasteiger partial charge in [-0.15, -0.1) is 0 Å². The molecule has 0 unspecified atom stereocenters. The maximum Gasteiger partial charge on any atom is 0.341 e. The van der Waals surface area contributed by atoms with Crippen molar-refractivity contribution in [3.63, 3.8) is 0 Å². The van der Waals surface area contributed by atoms with E-state index < -0.39 is 39.4 Å². The number of carbonyl (C=O) groups is 2. The fourth-order valence-corrected chi connectivity index (χ4v) is 3.70. The highest BCUT2D eigenvalue weighted by atomic mass is 32.2. The summed E-state index contributed by atoms with van der Waals surface area (Å²) in [6, 6.07) is 2.77. The van der Waals surface area contributed by atoms with Crippen molar-refractivity contribution in [3.8, 4) is 0 Å². The zero-order valence-corrected chi connectivity index (χ0v) is 16.4. The minimum atomic E-state index is -3.86. The molecule has 0 aliphatic rings. The number of hydrogen-bond donors (Lipinski definition) is 1. The Hall–Kier alpha value is -2.00. The lowest BCUT2D eigenvalue weighted by Gasteiger charge is -2.19. The van der Waals surface area contributed by atoms with E-state index in [1.165, 1.54) is 11.2 Å². The molecule has 26 heavy (non-hydrogen) atoms. The van der Waals surface area contributed by atoms with Gasteiger partial charge in [-0.05, 0) is 39.0 Å². The molecule has 1 N–H and O–H groups in total. The van der Waals surface area contributed by atoms with Crippen molar-refractivity contribution in [2.75, 3.05) is 13.1 Å². The van der Waals surface area contributed by atoms with E-state index in [-0.39, 0.29) is 24.0 Å². The Labute approximate surface area is 153 Å². The highest BCUT2D eigenvalue weighted by molar-refractivity contribution is 7.89. The van der Waals surface area contributed by atoms with Gasteiger partial charge in [0, 0.05) is 19.1 Å². The van der Waals surface area contributed by atoms with Gasteiger partial charge in [0.1, 0.15) is 5.82 Å². The first-order chi connectivity index (χ1) is 12.0. The van der Waals surface area contributed by atoms with Gasteiger partial charge in [-0.25, -0.2) is 17.6 Å². The Bertz CT molecular complexity index is 760. The van der Waals surface area contributed by atoms with Crippen molar-refractivity contribution in [1.29, 1.82) is 0 Å². The normalized spacial score (nSPS) is 12.9. The van der Waals surface area contributed by atoms with Crippen molar-refractivity contribution in [2.24, 2.45) is 0 Å². The van der Waals surface area contributed by atoms with E-state index in [9.17, 15) is 22.4 Å². The lowest BCUT2D eigenvalue weighted by atomic mass is 10.2. The number of carbonyl (C=O) groups excluding carboxylic acids is 2. The lowest BCUT2D eigenvalue weighted by molar-refractivity contribution is -0.129. The van der Waals surface area contributed by atoms with Crippen molar-refractivity contribution >= 4 is 21.9 Å². The average Bonchev–Trinajstić information content (AvgIpc) is 2.55. The van der Waals surface area contributed by atoms with E-state index in [2.05, 4.69) is 5.32 Å². The summed E-state index contributed by atoms with van der Waals surface area (Å²) < 4.78 is 45.2. The summed E-state index contributed by atoms with van der Waals surface area (Å²) in [7, 11) is -3.86. The SMILES string of the molecule is CCN(CC)S(=O)(=O)c1ccc(F)c(C(=O)O[C@@H](C)C(=O)NC(C)C)c1. The van der Waals surface area contributed by atoms with E-state index in [1.807, 2.05) is 0 Å². The van der Waals surface area contributed by atoms with E-state index in [4.69, 9.17) is 4.74 Å². The minimum absolute atomic E-state index is 0.150. The van der Waals surface area contributed by atoms with Crippen molar-refractivity contribution < 1.29 is 27.1 Å². The molecule has 0 aromatic heterocycles. The first kappa shape index (κ1) is 22.0. The van der Waals surface area contributed by atoms with Gasteiger partial charge in [0.25, 0.3) is 5.91 Å². The van der Waals surface area contributed by atoms with Crippen LogP contribution in [-0.4, -0.2) is 49.8 Å². The topological polar surface area (TPSA) is 92.8 Å². The molecule has 0 bridgehead atoms. The molecule has 1 atom stereocenters. The number of hydrogen-bond acceptors (Lipinski definition) is 5. The number of ether oxygens (including phenoxy) is 1. The third-order valence-corrected chi connectivity index (χ3v) is 5.63. The second-order valence-electron chi connectivity index (χ2n) is 5.94. The molecule has 0 aliphatic carbocycles. The molecule has 1 amide bonds. The number of benzene rings is 1. The van der Waals surface area contributed by atoms with Gasteiger partial charge in [-0.3, -0.25) is 4.79 Å². The number of halogens is 1. The van der Waals surface area contributed by atoms with Crippen LogP contribution in [0.5, 0.6) is 0 Å². The number of sulfonamides is 1. The van der Waals surface area contributed by atoms with Gasteiger partial charge >= 0.3 is 5.97 Å². The summed E-state index contributed by atoms with van der Waals surface area (Å²) in [5, 5.41) is 2.57. The molecule has 0 saturated heterocycles. The summed E-state index contributed by atoms with van der Waals surface area (Å²) in [5.74, 6) is -2.56. The Kier molecular flexibility index (Phi) is 7.70. The van der Waals surface area contributed by atoms with Crippen LogP contribution >= 0.6 is 0 Å². The summed E-state index contributed by atoms with van der Waals surface area (Å²) >= 11 is 0. The Morgan fingerprint density at radius 3 is 2.27 bits per heavy atom. The van der Waals surface area contributed by atoms with Crippen LogP contribution in [-0.2, 0) is 19.6 Å². The molecule has 0 aliphatic heterocycles. The number of rotatable bonds is 8. The van der Waals surface area contributed by atoms with Crippen LogP contribution < -0.4 is 5.32 Å². The standard InChI is InChI=1S/C17H25FN2O5S/c1-6-20(7-2)26(23,24)13-8-9-15(18)14(10-13)17(22)25-12(5)16(21)19-11(3)4/h8-12H,6-7H2,1-5H3,(H,19,21)/t12-/m0/s1. The molecular formula is C17H25FN2O5S. The van der Waals surface area contributed by atoms with Crippen LogP contribution in [0.4, 0.5) is 4.39 Å². The van der Waals surface area contributed by atoms with Crippen LogP contribution in [0.3, 0.4) is 0 Å². The maximum atomic E-state index is 14.0. The van der Waals surface area contributed by atoms with E-state index in [1.54, 1.807) is 27.7 Å². The Balaban J connectivity index is 3.11. The monoisotopic (exact) mass is 388 g/mol. The van der Waals surface area contributed by atoms with Gasteiger partial charge in [0.05, 0.1) is 10.5 Å². The minimum Gasteiger partial charge on any atom is -0.449 e. The largest absolute Gasteiger partial charge is 0.449 e. The first-order valence-corrected chi connectivity index (χ1v) is 9.79. The fraction of sp³-hybridized carbons (Fsp3) is 0.529. The number of nitrogens with one attached hydrogen (secondary N) is 1. The molecule has 1 rings (SSSR count). The fourth-order valence-electron chi connectivity index (χ4n) is 2.21. The van der Waals surface area contributed by atoms with Crippen molar-refractivity contribution in [2.45, 2.75) is 51.7 Å². The highest BCUT2D eigenvalue weighted by Gasteiger charge is 2.26. The molecular weight excluding hydrogens is 363 g/mol. The third kappa shape index (κ3) is 5.25. The van der Waals surface area contributed by atoms with Crippen molar-refractivity contribution in [1.82, 2.24) is 9.62 Å². The molecule has 0 spiro atoms. The summed E-state index contributed by atoms with van der Waals surface area (Å²) in [4.78, 5) is 23.8. The molecule has 0 fully saturated rings. The molecule has 0 heterocycles. The van der Waals surface area contributed by atoms with Crippen LogP contribution in [0.25, 0.3) is 0 Å². The smallest absolute Gasteiger partial charge is 0.341 e. The van der Waals surface area contributed by atoms with Crippen LogP contribution in [0.15, 0.2) is 23.1 Å². The quantitative estimate of drug-likeness (QED) is 0.687. The predicted octanol–water partition coefficient (Wildman–Crippen LogP) is 1.93. The van der Waals surface area contributed by atoms with Crippen molar-refractivity contribution in [3.05, 3.63) is 29.6 Å². The van der Waals surface area contributed by atoms with Gasteiger partial charge in [0.15, 0.2) is 6.10 Å². The summed E-state index contributed by atoms with van der Waals surface area (Å²) in [6.45, 7) is 8.67. The van der Waals surface area contributed by atoms with Gasteiger partial charge < -0.3 is 10.1 Å². The van der Waals surface area contributed by atoms with E-state index >= 15 is 0 Å². The van der Waals surface area contributed by atoms with E-state index in [0.29, 0.717) is 0 Å². The molecule has 7 nitrogen and oxygen atoms in total. The predicted molar refractivity (Wildman–Crippen MR) is 94.7 cm³/mol. The molecule has 9 heteroatoms. The maximum absolute atomic E-state index is 14.0. The lowest BCUT2D eigenvalue weighted by Crippen LogP contribution is -2.39. The summed E-state index contributed by atoms with van der Waals surface area (Å²) in [6.07, 6.45) is -1.15. The second-order valence-corrected chi connectivity index (χ2v) is 7.88. The number of nitrogens with zero attached hydrogens (tertiary/aromatic N) is 1. The number of amides is 1. The number of esters is 1. The van der Waals surface area contributed by atoms with Gasteiger partial charge in [0.2, 0.25) is 10.0 Å².